The number of hydrogen-bond acceptors (Lipinski definition) is 2. The quantitative estimate of drug-likeness (QED) is 0.164. The highest BCUT2D eigenvalue weighted by molar-refractivity contribution is 5.71. The van der Waals surface area contributed by atoms with Crippen LogP contribution in [0, 0.1) is 11.3 Å². The molecule has 0 saturated heterocycles. The van der Waals surface area contributed by atoms with Gasteiger partial charge in [0.05, 0.1) is 5.92 Å². The second-order valence-electron chi connectivity index (χ2n) is 8.32. The molecule has 0 saturated carbocycles. The van der Waals surface area contributed by atoms with Gasteiger partial charge in [-0.25, -0.2) is 0 Å². The molecule has 0 aliphatic heterocycles. The van der Waals surface area contributed by atoms with Crippen LogP contribution in [-0.2, 0) is 9.53 Å². The van der Waals surface area contributed by atoms with Crippen molar-refractivity contribution in [3.8, 4) is 0 Å². The molecule has 2 heteroatoms. The van der Waals surface area contributed by atoms with Crippen LogP contribution in [0.5, 0.6) is 0 Å². The van der Waals surface area contributed by atoms with Crippen LogP contribution >= 0.6 is 0 Å². The number of hydrogen-bond donors (Lipinski definition) is 0. The molecule has 1 unspecified atom stereocenters. The van der Waals surface area contributed by atoms with Gasteiger partial charge in [0.1, 0.15) is 6.61 Å². The number of unbranched alkanes of at least 4 members (excludes halogenated alkanes) is 7. The van der Waals surface area contributed by atoms with Gasteiger partial charge in [-0.1, -0.05) is 98.1 Å². The summed E-state index contributed by atoms with van der Waals surface area (Å²) in [6.07, 6.45) is 18.8. The van der Waals surface area contributed by atoms with Crippen molar-refractivity contribution < 1.29 is 9.53 Å². The zero-order valence-corrected chi connectivity index (χ0v) is 17.7. The smallest absolute Gasteiger partial charge is 0.308 e. The van der Waals surface area contributed by atoms with Crippen molar-refractivity contribution in [3.05, 3.63) is 12.2 Å². The lowest BCUT2D eigenvalue weighted by Crippen LogP contribution is -2.14. The van der Waals surface area contributed by atoms with Crippen molar-refractivity contribution >= 4 is 5.97 Å². The van der Waals surface area contributed by atoms with Gasteiger partial charge in [0.25, 0.3) is 0 Å². The Morgan fingerprint density at radius 2 is 1.64 bits per heavy atom. The average molecular weight is 353 g/mol. The fraction of sp³-hybridized carbons (Fsp3) is 0.870. The number of carbonyl (C=O) groups is 1. The number of esters is 1. The lowest BCUT2D eigenvalue weighted by molar-refractivity contribution is -0.146. The first-order valence-electron chi connectivity index (χ1n) is 10.7. The predicted molar refractivity (Wildman–Crippen MR) is 110 cm³/mol. The van der Waals surface area contributed by atoms with E-state index in [1.54, 1.807) is 0 Å². The van der Waals surface area contributed by atoms with Crippen LogP contribution in [0.25, 0.3) is 0 Å². The molecule has 0 aromatic carbocycles. The molecule has 0 heterocycles. The van der Waals surface area contributed by atoms with E-state index < -0.39 is 0 Å². The van der Waals surface area contributed by atoms with Crippen molar-refractivity contribution in [1.82, 2.24) is 0 Å². The summed E-state index contributed by atoms with van der Waals surface area (Å²) >= 11 is 0. The fourth-order valence-electron chi connectivity index (χ4n) is 2.85. The third-order valence-corrected chi connectivity index (χ3v) is 5.31. The number of rotatable bonds is 16. The highest BCUT2D eigenvalue weighted by Crippen LogP contribution is 2.27. The van der Waals surface area contributed by atoms with E-state index in [-0.39, 0.29) is 11.9 Å². The topological polar surface area (TPSA) is 26.3 Å². The maximum absolute atomic E-state index is 12.0. The van der Waals surface area contributed by atoms with Crippen molar-refractivity contribution in [2.75, 3.05) is 6.61 Å². The van der Waals surface area contributed by atoms with Crippen molar-refractivity contribution in [2.45, 2.75) is 112 Å². The molecule has 0 aromatic rings. The standard InChI is InChI=1S/C23H44O2/c1-6-8-9-10-11-14-17-20-25-22(24)21(3)18-15-12-13-16-19-23(4,5)7-2/h14,17,21H,6-13,15-16,18-20H2,1-5H3/b17-14-. The minimum atomic E-state index is -0.0391. The summed E-state index contributed by atoms with van der Waals surface area (Å²) in [6.45, 7) is 11.6. The van der Waals surface area contributed by atoms with E-state index in [4.69, 9.17) is 4.74 Å². The Morgan fingerprint density at radius 3 is 2.32 bits per heavy atom. The van der Waals surface area contributed by atoms with Gasteiger partial charge < -0.3 is 4.74 Å². The highest BCUT2D eigenvalue weighted by atomic mass is 16.5. The largest absolute Gasteiger partial charge is 0.461 e. The molecule has 148 valence electrons. The summed E-state index contributed by atoms with van der Waals surface area (Å²) in [4.78, 5) is 12.0. The Morgan fingerprint density at radius 1 is 0.960 bits per heavy atom. The lowest BCUT2D eigenvalue weighted by Gasteiger charge is -2.22. The van der Waals surface area contributed by atoms with Gasteiger partial charge in [0.2, 0.25) is 0 Å². The Labute approximate surface area is 157 Å². The molecule has 0 N–H and O–H groups in total. The molecule has 0 fully saturated rings. The van der Waals surface area contributed by atoms with E-state index >= 15 is 0 Å². The second-order valence-corrected chi connectivity index (χ2v) is 8.32. The van der Waals surface area contributed by atoms with Crippen LogP contribution < -0.4 is 0 Å². The summed E-state index contributed by atoms with van der Waals surface area (Å²) in [5, 5.41) is 0. The van der Waals surface area contributed by atoms with Crippen LogP contribution in [0.1, 0.15) is 112 Å². The summed E-state index contributed by atoms with van der Waals surface area (Å²) in [6, 6.07) is 0. The van der Waals surface area contributed by atoms with Gasteiger partial charge in [-0.05, 0) is 31.1 Å². The molecule has 0 aromatic heterocycles. The van der Waals surface area contributed by atoms with E-state index in [0.717, 1.165) is 19.3 Å². The van der Waals surface area contributed by atoms with Gasteiger partial charge in [-0.15, -0.1) is 0 Å². The highest BCUT2D eigenvalue weighted by Gasteiger charge is 2.15. The van der Waals surface area contributed by atoms with E-state index in [1.165, 1.54) is 57.8 Å². The van der Waals surface area contributed by atoms with E-state index in [2.05, 4.69) is 33.8 Å². The Hall–Kier alpha value is -0.790. The first kappa shape index (κ1) is 24.2. The summed E-state index contributed by atoms with van der Waals surface area (Å²) in [7, 11) is 0. The van der Waals surface area contributed by atoms with Gasteiger partial charge in [0.15, 0.2) is 0 Å². The molecule has 0 aliphatic carbocycles. The molecule has 25 heavy (non-hydrogen) atoms. The number of ether oxygens (including phenoxy) is 1. The number of carbonyl (C=O) groups excluding carboxylic acids is 1. The molecule has 0 radical (unpaired) electrons. The zero-order valence-electron chi connectivity index (χ0n) is 17.7. The minimum Gasteiger partial charge on any atom is -0.461 e. The first-order valence-corrected chi connectivity index (χ1v) is 10.7. The van der Waals surface area contributed by atoms with Gasteiger partial charge in [-0.3, -0.25) is 4.79 Å². The maximum atomic E-state index is 12.0. The van der Waals surface area contributed by atoms with Gasteiger partial charge in [-0.2, -0.15) is 0 Å². The molecule has 0 bridgehead atoms. The molecule has 1 atom stereocenters. The van der Waals surface area contributed by atoms with Gasteiger partial charge in [0, 0.05) is 0 Å². The van der Waals surface area contributed by atoms with E-state index in [0.29, 0.717) is 12.0 Å². The SMILES string of the molecule is CCCCCC/C=C\COC(=O)C(C)CCCCCCC(C)(C)CC. The van der Waals surface area contributed by atoms with Crippen molar-refractivity contribution in [2.24, 2.45) is 11.3 Å². The van der Waals surface area contributed by atoms with Gasteiger partial charge >= 0.3 is 5.97 Å². The van der Waals surface area contributed by atoms with E-state index in [9.17, 15) is 4.79 Å². The molecular formula is C23H44O2. The van der Waals surface area contributed by atoms with Crippen LogP contribution in [0.3, 0.4) is 0 Å². The Kier molecular flexibility index (Phi) is 15.0. The predicted octanol–water partition coefficient (Wildman–Crippen LogP) is 7.47. The van der Waals surface area contributed by atoms with Crippen LogP contribution in [0.4, 0.5) is 0 Å². The molecule has 0 aliphatic rings. The summed E-state index contributed by atoms with van der Waals surface area (Å²) < 4.78 is 5.34. The average Bonchev–Trinajstić information content (AvgIpc) is 2.59. The van der Waals surface area contributed by atoms with Crippen LogP contribution in [0.15, 0.2) is 12.2 Å². The van der Waals surface area contributed by atoms with E-state index in [1.807, 2.05) is 13.0 Å². The van der Waals surface area contributed by atoms with Crippen LogP contribution in [-0.4, -0.2) is 12.6 Å². The molecule has 0 rings (SSSR count). The first-order chi connectivity index (χ1) is 11.9. The third kappa shape index (κ3) is 15.2. The normalized spacial score (nSPS) is 13.3. The van der Waals surface area contributed by atoms with Crippen LogP contribution in [0.2, 0.25) is 0 Å². The number of allylic oxidation sites excluding steroid dienone is 1. The lowest BCUT2D eigenvalue weighted by atomic mass is 9.84. The fourth-order valence-corrected chi connectivity index (χ4v) is 2.85. The Balaban J connectivity index is 3.58. The van der Waals surface area contributed by atoms with Crippen molar-refractivity contribution in [3.63, 3.8) is 0 Å². The molecule has 0 spiro atoms. The molecular weight excluding hydrogens is 308 g/mol. The molecule has 0 amide bonds. The third-order valence-electron chi connectivity index (χ3n) is 5.31. The summed E-state index contributed by atoms with van der Waals surface area (Å²) in [5.41, 5.74) is 0.487. The minimum absolute atomic E-state index is 0.0324. The maximum Gasteiger partial charge on any atom is 0.308 e. The second kappa shape index (κ2) is 15.5. The Bertz CT molecular complexity index is 344. The summed E-state index contributed by atoms with van der Waals surface area (Å²) in [5.74, 6) is -0.00668. The zero-order chi connectivity index (χ0) is 19.0. The monoisotopic (exact) mass is 352 g/mol. The molecule has 2 nitrogen and oxygen atoms in total. The van der Waals surface area contributed by atoms with Crippen molar-refractivity contribution in [1.29, 1.82) is 0 Å².